The van der Waals surface area contributed by atoms with Crippen LogP contribution in [0.3, 0.4) is 0 Å². The summed E-state index contributed by atoms with van der Waals surface area (Å²) in [5, 5.41) is 0. The highest BCUT2D eigenvalue weighted by molar-refractivity contribution is 6.99. The molecule has 0 aromatic heterocycles. The predicted molar refractivity (Wildman–Crippen MR) is 160 cm³/mol. The second-order valence-corrected chi connectivity index (χ2v) is 13.3. The number of anilines is 3. The van der Waals surface area contributed by atoms with Crippen LogP contribution in [0.5, 0.6) is 0 Å². The van der Waals surface area contributed by atoms with Crippen molar-refractivity contribution < 1.29 is 0 Å². The molecule has 4 aromatic rings. The lowest BCUT2D eigenvalue weighted by molar-refractivity contribution is 0.332. The molecular weight excluding hydrogens is 445 g/mol. The number of benzene rings is 4. The predicted octanol–water partition coefficient (Wildman–Crippen LogP) is 6.97. The Morgan fingerprint density at radius 2 is 1.19 bits per heavy atom. The molecule has 37 heavy (non-hydrogen) atoms. The first kappa shape index (κ1) is 22.9. The van der Waals surface area contributed by atoms with Gasteiger partial charge in [0.05, 0.1) is 0 Å². The molecule has 3 aliphatic rings. The summed E-state index contributed by atoms with van der Waals surface area (Å²) >= 11 is 0. The summed E-state index contributed by atoms with van der Waals surface area (Å²) in [6.07, 6.45) is 2.45. The molecule has 0 N–H and O–H groups in total. The molecular formula is C35H36BN. The maximum absolute atomic E-state index is 2.61. The van der Waals surface area contributed by atoms with Crippen molar-refractivity contribution in [3.8, 4) is 0 Å². The van der Waals surface area contributed by atoms with Gasteiger partial charge in [-0.2, -0.15) is 0 Å². The van der Waals surface area contributed by atoms with E-state index in [1.54, 1.807) is 5.56 Å². The van der Waals surface area contributed by atoms with Gasteiger partial charge in [-0.25, -0.2) is 0 Å². The van der Waals surface area contributed by atoms with Gasteiger partial charge in [-0.05, 0) is 81.1 Å². The van der Waals surface area contributed by atoms with Gasteiger partial charge in [-0.3, -0.25) is 0 Å². The third kappa shape index (κ3) is 3.05. The van der Waals surface area contributed by atoms with Crippen LogP contribution in [0.2, 0.25) is 0 Å². The maximum Gasteiger partial charge on any atom is 0.247 e. The fourth-order valence-corrected chi connectivity index (χ4v) is 7.57. The van der Waals surface area contributed by atoms with Gasteiger partial charge >= 0.3 is 0 Å². The normalized spacial score (nSPS) is 19.4. The first-order valence-electron chi connectivity index (χ1n) is 13.9. The van der Waals surface area contributed by atoms with Gasteiger partial charge < -0.3 is 4.90 Å². The Hall–Kier alpha value is -3.26. The highest BCUT2D eigenvalue weighted by Gasteiger charge is 2.47. The van der Waals surface area contributed by atoms with Crippen LogP contribution >= 0.6 is 0 Å². The standard InChI is InChI=1S/C35H36BN/c1-33(2)19-20-34(3,4)27-22-31-29(21-26(27)33)36-28-17-11-10-15-24(28)35(5,6)25-16-12-18-30(32(25)36)37(31)23-13-8-7-9-14-23/h7-18,21-22H,19-20H2,1-6H3. The molecule has 1 nitrogen and oxygen atoms in total. The van der Waals surface area contributed by atoms with Crippen LogP contribution in [0.25, 0.3) is 0 Å². The number of hydrogen-bond donors (Lipinski definition) is 0. The molecule has 7 rings (SSSR count). The van der Waals surface area contributed by atoms with Crippen LogP contribution in [-0.2, 0) is 16.2 Å². The van der Waals surface area contributed by atoms with Crippen molar-refractivity contribution in [1.29, 1.82) is 0 Å². The van der Waals surface area contributed by atoms with E-state index in [1.807, 2.05) is 0 Å². The Bertz CT molecular complexity index is 1560. The molecule has 0 atom stereocenters. The minimum absolute atomic E-state index is 0.0478. The Labute approximate surface area is 222 Å². The van der Waals surface area contributed by atoms with E-state index < -0.39 is 0 Å². The van der Waals surface area contributed by atoms with E-state index in [-0.39, 0.29) is 23.0 Å². The van der Waals surface area contributed by atoms with E-state index in [1.165, 1.54) is 63.0 Å². The molecule has 2 heterocycles. The summed E-state index contributed by atoms with van der Waals surface area (Å²) in [7, 11) is 0. The molecule has 0 unspecified atom stereocenters. The fourth-order valence-electron chi connectivity index (χ4n) is 7.57. The van der Waals surface area contributed by atoms with Crippen LogP contribution in [0, 0.1) is 0 Å². The molecule has 0 spiro atoms. The summed E-state index contributed by atoms with van der Waals surface area (Å²) in [6.45, 7) is 14.8. The number of fused-ring (bicyclic) bond motifs is 5. The van der Waals surface area contributed by atoms with E-state index in [0.717, 1.165) is 0 Å². The van der Waals surface area contributed by atoms with Crippen molar-refractivity contribution in [1.82, 2.24) is 0 Å². The van der Waals surface area contributed by atoms with Crippen molar-refractivity contribution in [2.75, 3.05) is 4.90 Å². The number of nitrogens with zero attached hydrogens (tertiary/aromatic N) is 1. The minimum Gasteiger partial charge on any atom is -0.312 e. The van der Waals surface area contributed by atoms with Gasteiger partial charge in [-0.15, -0.1) is 0 Å². The van der Waals surface area contributed by atoms with Crippen LogP contribution in [-0.4, -0.2) is 6.71 Å². The summed E-state index contributed by atoms with van der Waals surface area (Å²) in [4.78, 5) is 2.55. The number of hydrogen-bond acceptors (Lipinski definition) is 1. The Balaban J connectivity index is 1.63. The monoisotopic (exact) mass is 481 g/mol. The zero-order valence-corrected chi connectivity index (χ0v) is 23.0. The first-order valence-corrected chi connectivity index (χ1v) is 13.9. The van der Waals surface area contributed by atoms with Crippen molar-refractivity contribution in [3.05, 3.63) is 107 Å². The zero-order valence-electron chi connectivity index (χ0n) is 23.0. The average molecular weight is 481 g/mol. The Morgan fingerprint density at radius 3 is 1.92 bits per heavy atom. The quantitative estimate of drug-likeness (QED) is 0.234. The number of rotatable bonds is 1. The highest BCUT2D eigenvalue weighted by Crippen LogP contribution is 2.49. The van der Waals surface area contributed by atoms with Crippen LogP contribution in [0.15, 0.2) is 84.9 Å². The summed E-state index contributed by atoms with van der Waals surface area (Å²) in [5.74, 6) is 0. The topological polar surface area (TPSA) is 3.24 Å². The molecule has 0 amide bonds. The smallest absolute Gasteiger partial charge is 0.247 e. The third-order valence-corrected chi connectivity index (χ3v) is 9.80. The van der Waals surface area contributed by atoms with Crippen molar-refractivity contribution in [2.45, 2.75) is 70.6 Å². The Morgan fingerprint density at radius 1 is 0.568 bits per heavy atom. The molecule has 0 saturated heterocycles. The molecule has 0 fully saturated rings. The molecule has 184 valence electrons. The summed E-state index contributed by atoms with van der Waals surface area (Å²) in [6, 6.07) is 32.4. The summed E-state index contributed by atoms with van der Waals surface area (Å²) in [5.41, 5.74) is 14.6. The molecule has 4 aromatic carbocycles. The van der Waals surface area contributed by atoms with Gasteiger partial charge in [-0.1, -0.05) is 108 Å². The Kier molecular flexibility index (Phi) is 4.59. The van der Waals surface area contributed by atoms with Gasteiger partial charge in [0, 0.05) is 22.5 Å². The lowest BCUT2D eigenvalue weighted by Gasteiger charge is -2.48. The molecule has 2 aliphatic heterocycles. The molecule has 0 bridgehead atoms. The van der Waals surface area contributed by atoms with Crippen LogP contribution < -0.4 is 21.3 Å². The van der Waals surface area contributed by atoms with Crippen molar-refractivity contribution in [3.63, 3.8) is 0 Å². The first-order chi connectivity index (χ1) is 17.6. The molecule has 1 aliphatic carbocycles. The molecule has 0 radical (unpaired) electrons. The maximum atomic E-state index is 2.61. The lowest BCUT2D eigenvalue weighted by atomic mass is 9.30. The molecule has 2 heteroatoms. The van der Waals surface area contributed by atoms with Gasteiger partial charge in [0.1, 0.15) is 0 Å². The van der Waals surface area contributed by atoms with Gasteiger partial charge in [0.25, 0.3) is 0 Å². The number of para-hydroxylation sites is 1. The average Bonchev–Trinajstić information content (AvgIpc) is 2.89. The van der Waals surface area contributed by atoms with Crippen LogP contribution in [0.4, 0.5) is 17.1 Å². The van der Waals surface area contributed by atoms with Crippen molar-refractivity contribution in [2.24, 2.45) is 0 Å². The van der Waals surface area contributed by atoms with E-state index in [4.69, 9.17) is 0 Å². The zero-order chi connectivity index (χ0) is 25.7. The van der Waals surface area contributed by atoms with Crippen LogP contribution in [0.1, 0.15) is 76.6 Å². The largest absolute Gasteiger partial charge is 0.312 e. The molecule has 0 saturated carbocycles. The second kappa shape index (κ2) is 7.41. The second-order valence-electron chi connectivity index (χ2n) is 13.3. The SMILES string of the molecule is CC1(C)CCC(C)(C)c2cc3c(cc21)B1c2ccccc2C(C)(C)c2cccc(c21)N3c1ccccc1. The lowest BCUT2D eigenvalue weighted by Crippen LogP contribution is -2.64. The van der Waals surface area contributed by atoms with E-state index in [0.29, 0.717) is 0 Å². The van der Waals surface area contributed by atoms with E-state index in [2.05, 4.69) is 131 Å². The van der Waals surface area contributed by atoms with Gasteiger partial charge in [0.2, 0.25) is 6.71 Å². The third-order valence-electron chi connectivity index (χ3n) is 9.80. The van der Waals surface area contributed by atoms with E-state index in [9.17, 15) is 0 Å². The fraction of sp³-hybridized carbons (Fsp3) is 0.314. The van der Waals surface area contributed by atoms with Gasteiger partial charge in [0.15, 0.2) is 0 Å². The van der Waals surface area contributed by atoms with Crippen molar-refractivity contribution >= 4 is 40.2 Å². The van der Waals surface area contributed by atoms with E-state index >= 15 is 0 Å². The minimum atomic E-state index is -0.0478. The highest BCUT2D eigenvalue weighted by atomic mass is 15.2. The summed E-state index contributed by atoms with van der Waals surface area (Å²) < 4.78 is 0.